The molecule has 0 saturated heterocycles. The van der Waals surface area contributed by atoms with Crippen molar-refractivity contribution in [3.63, 3.8) is 0 Å². The molecular formula is C14H9FN4O. The minimum atomic E-state index is -0.554. The molecule has 5 nitrogen and oxygen atoms in total. The average molecular weight is 268 g/mol. The van der Waals surface area contributed by atoms with Crippen molar-refractivity contribution in [2.75, 3.05) is 7.11 Å². The minimum absolute atomic E-state index is 0.437. The van der Waals surface area contributed by atoms with Crippen molar-refractivity contribution in [1.82, 2.24) is 14.6 Å². The highest BCUT2D eigenvalue weighted by Crippen LogP contribution is 2.30. The number of hydrogen-bond acceptors (Lipinski definition) is 4. The zero-order chi connectivity index (χ0) is 14.1. The summed E-state index contributed by atoms with van der Waals surface area (Å²) in [5.41, 5.74) is 2.48. The molecule has 0 aliphatic heterocycles. The molecule has 0 bridgehead atoms. The molecule has 0 amide bonds. The molecule has 0 saturated carbocycles. The minimum Gasteiger partial charge on any atom is -0.495 e. The second-order valence-electron chi connectivity index (χ2n) is 4.13. The molecule has 6 heteroatoms. The third kappa shape index (κ3) is 1.86. The second-order valence-corrected chi connectivity index (χ2v) is 4.13. The molecule has 3 aromatic heterocycles. The zero-order valence-electron chi connectivity index (χ0n) is 10.5. The average Bonchev–Trinajstić information content (AvgIpc) is 2.90. The van der Waals surface area contributed by atoms with Crippen molar-refractivity contribution in [1.29, 1.82) is 5.26 Å². The lowest BCUT2D eigenvalue weighted by Crippen LogP contribution is -1.94. The molecule has 20 heavy (non-hydrogen) atoms. The van der Waals surface area contributed by atoms with Gasteiger partial charge in [0.05, 0.1) is 30.6 Å². The molecule has 0 radical (unpaired) electrons. The van der Waals surface area contributed by atoms with Gasteiger partial charge in [-0.25, -0.2) is 9.50 Å². The summed E-state index contributed by atoms with van der Waals surface area (Å²) in [6.07, 6.45) is 4.57. The van der Waals surface area contributed by atoms with E-state index in [1.807, 2.05) is 0 Å². The van der Waals surface area contributed by atoms with Crippen molar-refractivity contribution in [2.45, 2.75) is 0 Å². The van der Waals surface area contributed by atoms with Crippen LogP contribution in [0.2, 0.25) is 0 Å². The number of halogens is 1. The van der Waals surface area contributed by atoms with Gasteiger partial charge in [-0.15, -0.1) is 0 Å². The quantitative estimate of drug-likeness (QED) is 0.669. The van der Waals surface area contributed by atoms with Gasteiger partial charge in [0.2, 0.25) is 5.95 Å². The summed E-state index contributed by atoms with van der Waals surface area (Å²) in [4.78, 5) is 3.64. The van der Waals surface area contributed by atoms with Crippen LogP contribution in [-0.4, -0.2) is 21.7 Å². The normalized spacial score (nSPS) is 10.4. The predicted molar refractivity (Wildman–Crippen MR) is 69.6 cm³/mol. The van der Waals surface area contributed by atoms with Crippen molar-refractivity contribution >= 4 is 5.52 Å². The Hall–Kier alpha value is -2.94. The Morgan fingerprint density at radius 1 is 1.35 bits per heavy atom. The van der Waals surface area contributed by atoms with Crippen LogP contribution < -0.4 is 4.74 Å². The Kier molecular flexibility index (Phi) is 2.80. The van der Waals surface area contributed by atoms with Crippen LogP contribution in [0.15, 0.2) is 36.8 Å². The maximum atomic E-state index is 12.9. The summed E-state index contributed by atoms with van der Waals surface area (Å²) >= 11 is 0. The molecule has 3 rings (SSSR count). The monoisotopic (exact) mass is 268 g/mol. The van der Waals surface area contributed by atoms with Crippen molar-refractivity contribution in [3.8, 4) is 22.9 Å². The topological polar surface area (TPSA) is 63.2 Å². The number of pyridine rings is 2. The fraction of sp³-hybridized carbons (Fsp3) is 0.0714. The van der Waals surface area contributed by atoms with E-state index in [-0.39, 0.29) is 0 Å². The molecule has 0 spiro atoms. The Labute approximate surface area is 113 Å². The Bertz CT molecular complexity index is 818. The summed E-state index contributed by atoms with van der Waals surface area (Å²) in [5, 5.41) is 13.3. The highest BCUT2D eigenvalue weighted by Gasteiger charge is 2.13. The Morgan fingerprint density at radius 2 is 2.20 bits per heavy atom. The van der Waals surface area contributed by atoms with Crippen LogP contribution in [-0.2, 0) is 0 Å². The third-order valence-corrected chi connectivity index (χ3v) is 2.98. The number of nitrogens with zero attached hydrogens (tertiary/aromatic N) is 4. The Morgan fingerprint density at radius 3 is 2.85 bits per heavy atom. The summed E-state index contributed by atoms with van der Waals surface area (Å²) in [6.45, 7) is 0. The van der Waals surface area contributed by atoms with Gasteiger partial charge in [-0.05, 0) is 18.2 Å². The molecule has 0 aliphatic carbocycles. The number of ether oxygens (including phenoxy) is 1. The fourth-order valence-corrected chi connectivity index (χ4v) is 2.05. The summed E-state index contributed by atoms with van der Waals surface area (Å²) in [7, 11) is 1.54. The predicted octanol–water partition coefficient (Wildman–Crippen LogP) is 2.42. The van der Waals surface area contributed by atoms with Crippen LogP contribution in [0.25, 0.3) is 16.6 Å². The maximum Gasteiger partial charge on any atom is 0.212 e. The van der Waals surface area contributed by atoms with Gasteiger partial charge in [-0.2, -0.15) is 14.8 Å². The molecule has 0 aliphatic rings. The van der Waals surface area contributed by atoms with E-state index in [0.717, 1.165) is 0 Å². The van der Waals surface area contributed by atoms with Crippen molar-refractivity contribution in [3.05, 3.63) is 48.3 Å². The lowest BCUT2D eigenvalue weighted by atomic mass is 10.1. The van der Waals surface area contributed by atoms with E-state index in [0.29, 0.717) is 28.0 Å². The van der Waals surface area contributed by atoms with E-state index in [4.69, 9.17) is 10.00 Å². The van der Waals surface area contributed by atoms with E-state index in [2.05, 4.69) is 16.2 Å². The first-order valence-electron chi connectivity index (χ1n) is 5.80. The molecule has 0 N–H and O–H groups in total. The van der Waals surface area contributed by atoms with Gasteiger partial charge in [0.15, 0.2) is 0 Å². The van der Waals surface area contributed by atoms with Crippen molar-refractivity contribution < 1.29 is 9.13 Å². The van der Waals surface area contributed by atoms with Crippen LogP contribution in [0.5, 0.6) is 5.75 Å². The third-order valence-electron chi connectivity index (χ3n) is 2.98. The summed E-state index contributed by atoms with van der Waals surface area (Å²) in [6, 6.07) is 6.73. The van der Waals surface area contributed by atoms with Crippen LogP contribution in [0.3, 0.4) is 0 Å². The van der Waals surface area contributed by atoms with E-state index in [1.165, 1.54) is 18.5 Å². The SMILES string of the molecule is COc1cc(-c2ccc(F)nc2)c2c(C#N)cnn2c1. The van der Waals surface area contributed by atoms with Gasteiger partial charge in [-0.1, -0.05) is 0 Å². The van der Waals surface area contributed by atoms with Gasteiger partial charge in [-0.3, -0.25) is 0 Å². The standard InChI is InChI=1S/C14H9FN4O/c1-20-11-4-12(9-2-3-13(15)17-6-9)14-10(5-16)7-18-19(14)8-11/h2-4,6-8H,1H3. The lowest BCUT2D eigenvalue weighted by molar-refractivity contribution is 0.412. The van der Waals surface area contributed by atoms with Crippen LogP contribution in [0, 0.1) is 17.3 Å². The number of hydrogen-bond donors (Lipinski definition) is 0. The van der Waals surface area contributed by atoms with Crippen molar-refractivity contribution in [2.24, 2.45) is 0 Å². The molecule has 98 valence electrons. The first-order chi connectivity index (χ1) is 9.72. The van der Waals surface area contributed by atoms with E-state index < -0.39 is 5.95 Å². The number of methoxy groups -OCH3 is 1. The Balaban J connectivity index is 2.34. The zero-order valence-corrected chi connectivity index (χ0v) is 10.5. The largest absolute Gasteiger partial charge is 0.495 e. The van der Waals surface area contributed by atoms with Gasteiger partial charge in [0.25, 0.3) is 0 Å². The molecular weight excluding hydrogens is 259 g/mol. The summed E-state index contributed by atoms with van der Waals surface area (Å²) in [5.74, 6) is 0.0334. The first kappa shape index (κ1) is 12.1. The molecule has 0 unspecified atom stereocenters. The maximum absolute atomic E-state index is 12.9. The van der Waals surface area contributed by atoms with Gasteiger partial charge < -0.3 is 4.74 Å². The number of nitriles is 1. The van der Waals surface area contributed by atoms with E-state index >= 15 is 0 Å². The molecule has 0 atom stereocenters. The number of rotatable bonds is 2. The lowest BCUT2D eigenvalue weighted by Gasteiger charge is -2.08. The van der Waals surface area contributed by atoms with Crippen LogP contribution in [0.4, 0.5) is 4.39 Å². The molecule has 0 aromatic carbocycles. The molecule has 3 heterocycles. The molecule has 3 aromatic rings. The second kappa shape index (κ2) is 4.63. The van der Waals surface area contributed by atoms with Gasteiger partial charge >= 0.3 is 0 Å². The number of fused-ring (bicyclic) bond motifs is 1. The van der Waals surface area contributed by atoms with Crippen LogP contribution >= 0.6 is 0 Å². The van der Waals surface area contributed by atoms with E-state index in [9.17, 15) is 4.39 Å². The smallest absolute Gasteiger partial charge is 0.212 e. The highest BCUT2D eigenvalue weighted by atomic mass is 19.1. The first-order valence-corrected chi connectivity index (χ1v) is 5.80. The fourth-order valence-electron chi connectivity index (χ4n) is 2.05. The van der Waals surface area contributed by atoms with Crippen LogP contribution in [0.1, 0.15) is 5.56 Å². The number of aromatic nitrogens is 3. The van der Waals surface area contributed by atoms with Gasteiger partial charge in [0, 0.05) is 17.3 Å². The highest BCUT2D eigenvalue weighted by molar-refractivity contribution is 5.84. The molecule has 0 fully saturated rings. The van der Waals surface area contributed by atoms with Gasteiger partial charge in [0.1, 0.15) is 11.8 Å². The summed E-state index contributed by atoms with van der Waals surface area (Å²) < 4.78 is 19.7. The van der Waals surface area contributed by atoms with E-state index in [1.54, 1.807) is 30.0 Å².